The number of rotatable bonds is 15. The Hall–Kier alpha value is -3.44. The van der Waals surface area contributed by atoms with Gasteiger partial charge in [-0.1, -0.05) is 27.7 Å². The van der Waals surface area contributed by atoms with Gasteiger partial charge in [-0.15, -0.1) is 0 Å². The van der Waals surface area contributed by atoms with Crippen molar-refractivity contribution in [3.8, 4) is 0 Å². The lowest BCUT2D eigenvalue weighted by molar-refractivity contribution is -0.158. The molecule has 1 aliphatic carbocycles. The molecule has 0 aliphatic heterocycles. The van der Waals surface area contributed by atoms with E-state index in [0.717, 1.165) is 0 Å². The van der Waals surface area contributed by atoms with Crippen molar-refractivity contribution in [2.45, 2.75) is 144 Å². The van der Waals surface area contributed by atoms with Gasteiger partial charge in [0.2, 0.25) is 0 Å². The molecule has 2 atom stereocenters. The van der Waals surface area contributed by atoms with E-state index in [0.29, 0.717) is 49.9 Å². The van der Waals surface area contributed by atoms with Crippen LogP contribution < -0.4 is 10.6 Å². The summed E-state index contributed by atoms with van der Waals surface area (Å²) in [6.45, 7) is 18.5. The fraction of sp³-hybridized carbons (Fsp3) is 0.765. The molecule has 2 amide bonds. The Morgan fingerprint density at radius 2 is 1.46 bits per heavy atom. The Balaban J connectivity index is 2.92. The molecule has 1 aliphatic rings. The van der Waals surface area contributed by atoms with E-state index in [1.807, 2.05) is 27.7 Å². The average Bonchev–Trinajstić information content (AvgIpc) is 2.85. The molecule has 0 bridgehead atoms. The van der Waals surface area contributed by atoms with Gasteiger partial charge >= 0.3 is 23.9 Å². The van der Waals surface area contributed by atoms with Gasteiger partial charge in [0, 0.05) is 31.5 Å². The summed E-state index contributed by atoms with van der Waals surface area (Å²) >= 11 is 0. The summed E-state index contributed by atoms with van der Waals surface area (Å²) in [5.41, 5.74) is -0.927. The molecule has 262 valence electrons. The number of unbranched alkanes of at least 4 members (excludes halogenated alkanes) is 1. The van der Waals surface area contributed by atoms with Gasteiger partial charge < -0.3 is 30.0 Å². The number of aliphatic hydroxyl groups is 1. The molecule has 0 heterocycles. The standard InChI is InChI=1S/C34H57N3O9/c1-21(2)18-24(28-25(38)19-34(9,10)20-26(28)39)35-17-13-12-14-22(29(41)44-11)36-31(43)37-23(30(42)46-33(6,7)8)15-16-27(40)45-32(3,4)5/h21-23,38H,12-20H2,1-11H3,(H2,36,37,43)/t22?,23-/m0/s1. The van der Waals surface area contributed by atoms with Gasteiger partial charge in [0.1, 0.15) is 29.0 Å². The monoisotopic (exact) mass is 651 g/mol. The van der Waals surface area contributed by atoms with E-state index in [4.69, 9.17) is 14.2 Å². The number of methoxy groups -OCH3 is 1. The van der Waals surface area contributed by atoms with E-state index < -0.39 is 47.2 Å². The maximum absolute atomic E-state index is 13.0. The maximum Gasteiger partial charge on any atom is 0.329 e. The second-order valence-corrected chi connectivity index (χ2v) is 15.1. The Morgan fingerprint density at radius 1 is 0.891 bits per heavy atom. The van der Waals surface area contributed by atoms with Crippen molar-refractivity contribution in [1.82, 2.24) is 10.6 Å². The minimum Gasteiger partial charge on any atom is -0.511 e. The number of nitrogens with one attached hydrogen (secondary N) is 2. The second kappa shape index (κ2) is 17.5. The fourth-order valence-corrected chi connectivity index (χ4v) is 4.95. The van der Waals surface area contributed by atoms with Gasteiger partial charge in [-0.25, -0.2) is 14.4 Å². The number of hydrogen-bond donors (Lipinski definition) is 3. The van der Waals surface area contributed by atoms with Crippen LogP contribution in [0.4, 0.5) is 4.79 Å². The first-order valence-electron chi connectivity index (χ1n) is 16.1. The predicted molar refractivity (Wildman–Crippen MR) is 175 cm³/mol. The molecule has 0 aromatic heterocycles. The topological polar surface area (TPSA) is 170 Å². The van der Waals surface area contributed by atoms with Gasteiger partial charge in [-0.05, 0) is 85.0 Å². The molecule has 0 spiro atoms. The molecule has 46 heavy (non-hydrogen) atoms. The molecule has 1 rings (SSSR count). The molecule has 0 aromatic carbocycles. The van der Waals surface area contributed by atoms with Crippen LogP contribution in [0.2, 0.25) is 0 Å². The Bertz CT molecular complexity index is 1160. The molecule has 0 saturated heterocycles. The Labute approximate surface area is 274 Å². The zero-order chi connectivity index (χ0) is 35.5. The van der Waals surface area contributed by atoms with Crippen LogP contribution in [0.1, 0.15) is 121 Å². The first-order chi connectivity index (χ1) is 21.0. The zero-order valence-corrected chi connectivity index (χ0v) is 29.8. The van der Waals surface area contributed by atoms with Crippen LogP contribution in [-0.4, -0.2) is 77.5 Å². The minimum atomic E-state index is -1.17. The summed E-state index contributed by atoms with van der Waals surface area (Å²) in [6, 6.07) is -2.98. The molecule has 0 aromatic rings. The first-order valence-corrected chi connectivity index (χ1v) is 16.1. The normalized spacial score (nSPS) is 16.9. The summed E-state index contributed by atoms with van der Waals surface area (Å²) in [6.07, 6.45) is 2.35. The van der Waals surface area contributed by atoms with E-state index in [9.17, 15) is 29.1 Å². The van der Waals surface area contributed by atoms with Crippen molar-refractivity contribution in [2.24, 2.45) is 16.3 Å². The average molecular weight is 652 g/mol. The van der Waals surface area contributed by atoms with Crippen LogP contribution in [0.5, 0.6) is 0 Å². The molecular weight excluding hydrogens is 594 g/mol. The number of ketones is 1. The number of allylic oxidation sites excluding steroid dienone is 2. The van der Waals surface area contributed by atoms with Crippen LogP contribution in [0.3, 0.4) is 0 Å². The van der Waals surface area contributed by atoms with Crippen molar-refractivity contribution in [1.29, 1.82) is 0 Å². The quantitative estimate of drug-likeness (QED) is 0.0893. The van der Waals surface area contributed by atoms with Gasteiger partial charge in [-0.2, -0.15) is 0 Å². The van der Waals surface area contributed by atoms with Gasteiger partial charge in [0.05, 0.1) is 12.7 Å². The maximum atomic E-state index is 13.0. The SMILES string of the molecule is COC(=O)C(CCCCN=C(CC(C)C)C1=C(O)CC(C)(C)CC1=O)NC(=O)N[C@@H](CCC(=O)OC(C)(C)C)C(=O)OC(C)(C)C. The van der Waals surface area contributed by atoms with E-state index in [1.54, 1.807) is 41.5 Å². The van der Waals surface area contributed by atoms with E-state index >= 15 is 0 Å². The number of aliphatic imine (C=N–C) groups is 1. The summed E-state index contributed by atoms with van der Waals surface area (Å²) in [4.78, 5) is 68.2. The highest BCUT2D eigenvalue weighted by atomic mass is 16.6. The Kier molecular flexibility index (Phi) is 15.4. The highest BCUT2D eigenvalue weighted by Gasteiger charge is 2.35. The van der Waals surface area contributed by atoms with Crippen molar-refractivity contribution < 1.29 is 43.3 Å². The molecule has 12 heteroatoms. The van der Waals surface area contributed by atoms with E-state index in [-0.39, 0.29) is 42.1 Å². The summed E-state index contributed by atoms with van der Waals surface area (Å²) < 4.78 is 15.6. The van der Waals surface area contributed by atoms with Gasteiger partial charge in [0.15, 0.2) is 5.78 Å². The van der Waals surface area contributed by atoms with Crippen molar-refractivity contribution in [3.05, 3.63) is 11.3 Å². The number of aliphatic hydroxyl groups excluding tert-OH is 1. The van der Waals surface area contributed by atoms with Crippen molar-refractivity contribution in [2.75, 3.05) is 13.7 Å². The number of nitrogens with zero attached hydrogens (tertiary/aromatic N) is 1. The highest BCUT2D eigenvalue weighted by molar-refractivity contribution is 6.23. The van der Waals surface area contributed by atoms with Crippen LogP contribution >= 0.6 is 0 Å². The molecular formula is C34H57N3O9. The smallest absolute Gasteiger partial charge is 0.329 e. The fourth-order valence-electron chi connectivity index (χ4n) is 4.95. The number of Topliss-reactive ketones (excluding diaryl/α,β-unsaturated/α-hetero) is 1. The number of carbonyl (C=O) groups excluding carboxylic acids is 5. The summed E-state index contributed by atoms with van der Waals surface area (Å²) in [5, 5.41) is 15.8. The van der Waals surface area contributed by atoms with Gasteiger partial charge in [0.25, 0.3) is 0 Å². The number of urea groups is 1. The van der Waals surface area contributed by atoms with Crippen molar-refractivity contribution >= 4 is 35.4 Å². The lowest BCUT2D eigenvalue weighted by atomic mass is 9.75. The van der Waals surface area contributed by atoms with E-state index in [2.05, 4.69) is 15.6 Å². The minimum absolute atomic E-state index is 0.0666. The lowest BCUT2D eigenvalue weighted by Crippen LogP contribution is -2.52. The third-order valence-electron chi connectivity index (χ3n) is 6.79. The lowest BCUT2D eigenvalue weighted by Gasteiger charge is -2.30. The third-order valence-corrected chi connectivity index (χ3v) is 6.79. The first kappa shape index (κ1) is 40.6. The van der Waals surface area contributed by atoms with Crippen molar-refractivity contribution in [3.63, 3.8) is 0 Å². The molecule has 0 radical (unpaired) electrons. The summed E-state index contributed by atoms with van der Waals surface area (Å²) in [7, 11) is 1.21. The largest absolute Gasteiger partial charge is 0.511 e. The second-order valence-electron chi connectivity index (χ2n) is 15.1. The van der Waals surface area contributed by atoms with Gasteiger partial charge in [-0.3, -0.25) is 14.6 Å². The zero-order valence-electron chi connectivity index (χ0n) is 29.8. The third kappa shape index (κ3) is 15.7. The van der Waals surface area contributed by atoms with Crippen LogP contribution in [0.25, 0.3) is 0 Å². The number of ether oxygens (including phenoxy) is 3. The molecule has 12 nitrogen and oxygen atoms in total. The summed E-state index contributed by atoms with van der Waals surface area (Å²) in [5.74, 6) is -1.72. The van der Waals surface area contributed by atoms with Crippen LogP contribution in [-0.2, 0) is 33.4 Å². The van der Waals surface area contributed by atoms with E-state index in [1.165, 1.54) is 7.11 Å². The molecule has 3 N–H and O–H groups in total. The molecule has 0 saturated carbocycles. The number of esters is 3. The molecule has 0 fully saturated rings. The Morgan fingerprint density at radius 3 is 1.96 bits per heavy atom. The highest BCUT2D eigenvalue weighted by Crippen LogP contribution is 2.36. The number of carbonyl (C=O) groups is 5. The number of amides is 2. The van der Waals surface area contributed by atoms with Crippen LogP contribution in [0.15, 0.2) is 16.3 Å². The number of hydrogen-bond acceptors (Lipinski definition) is 10. The van der Waals surface area contributed by atoms with Crippen LogP contribution in [0, 0.1) is 11.3 Å². The predicted octanol–water partition coefficient (Wildman–Crippen LogP) is 5.52. The molecule has 1 unspecified atom stereocenters.